The SMILES string of the molecule is O=C(NNC(=O)c1nc(Cl)ccc1Cl)c1cccnc1. The molecule has 0 fully saturated rings. The summed E-state index contributed by atoms with van der Waals surface area (Å²) < 4.78 is 0. The van der Waals surface area contributed by atoms with Crippen LogP contribution in [0.15, 0.2) is 36.7 Å². The van der Waals surface area contributed by atoms with Gasteiger partial charge < -0.3 is 0 Å². The van der Waals surface area contributed by atoms with E-state index in [1.54, 1.807) is 12.1 Å². The molecular weight excluding hydrogens is 303 g/mol. The van der Waals surface area contributed by atoms with Gasteiger partial charge in [0.05, 0.1) is 10.6 Å². The van der Waals surface area contributed by atoms with Crippen LogP contribution in [-0.2, 0) is 0 Å². The van der Waals surface area contributed by atoms with Gasteiger partial charge in [0, 0.05) is 12.4 Å². The average Bonchev–Trinajstić information content (AvgIpc) is 2.47. The molecule has 2 heterocycles. The number of hydrogen-bond acceptors (Lipinski definition) is 4. The van der Waals surface area contributed by atoms with Crippen LogP contribution in [0.2, 0.25) is 10.2 Å². The van der Waals surface area contributed by atoms with Gasteiger partial charge in [0.2, 0.25) is 0 Å². The number of rotatable bonds is 2. The quantitative estimate of drug-likeness (QED) is 0.655. The number of halogens is 2. The molecule has 0 aliphatic carbocycles. The summed E-state index contributed by atoms with van der Waals surface area (Å²) in [6.07, 6.45) is 2.90. The van der Waals surface area contributed by atoms with Crippen LogP contribution in [0.25, 0.3) is 0 Å². The van der Waals surface area contributed by atoms with Gasteiger partial charge in [-0.1, -0.05) is 23.2 Å². The Kier molecular flexibility index (Phi) is 4.49. The molecule has 0 saturated heterocycles. The zero-order valence-electron chi connectivity index (χ0n) is 9.93. The molecule has 0 aromatic carbocycles. The molecule has 0 aliphatic heterocycles. The van der Waals surface area contributed by atoms with Crippen LogP contribution in [0, 0.1) is 0 Å². The topological polar surface area (TPSA) is 84.0 Å². The lowest BCUT2D eigenvalue weighted by Crippen LogP contribution is -2.42. The highest BCUT2D eigenvalue weighted by Crippen LogP contribution is 2.16. The summed E-state index contributed by atoms with van der Waals surface area (Å²) in [5.74, 6) is -1.18. The average molecular weight is 311 g/mol. The van der Waals surface area contributed by atoms with E-state index in [4.69, 9.17) is 23.2 Å². The standard InChI is InChI=1S/C12H8Cl2N4O2/c13-8-3-4-9(14)16-10(8)12(20)18-17-11(19)7-2-1-5-15-6-7/h1-6H,(H,17,19)(H,18,20). The molecule has 2 rings (SSSR count). The zero-order chi connectivity index (χ0) is 14.5. The lowest BCUT2D eigenvalue weighted by Gasteiger charge is -2.07. The minimum absolute atomic E-state index is 0.0781. The number of pyridine rings is 2. The minimum atomic E-state index is -0.672. The molecule has 2 aromatic heterocycles. The van der Waals surface area contributed by atoms with Crippen molar-refractivity contribution in [2.45, 2.75) is 0 Å². The first-order valence-corrected chi connectivity index (χ1v) is 6.16. The first-order chi connectivity index (χ1) is 9.58. The third kappa shape index (κ3) is 3.43. The number of hydrogen-bond donors (Lipinski definition) is 2. The molecule has 0 radical (unpaired) electrons. The first kappa shape index (κ1) is 14.2. The number of carbonyl (C=O) groups excluding carboxylic acids is 2. The van der Waals surface area contributed by atoms with Crippen molar-refractivity contribution in [2.24, 2.45) is 0 Å². The lowest BCUT2D eigenvalue weighted by atomic mass is 10.3. The van der Waals surface area contributed by atoms with Crippen molar-refractivity contribution in [3.8, 4) is 0 Å². The number of carbonyl (C=O) groups is 2. The summed E-state index contributed by atoms with van der Waals surface area (Å²) in [5.41, 5.74) is 4.64. The van der Waals surface area contributed by atoms with Crippen LogP contribution in [0.3, 0.4) is 0 Å². The smallest absolute Gasteiger partial charge is 0.267 e. The molecule has 6 nitrogen and oxygen atoms in total. The van der Waals surface area contributed by atoms with Crippen molar-refractivity contribution >= 4 is 35.0 Å². The predicted octanol–water partition coefficient (Wildman–Crippen LogP) is 1.86. The fraction of sp³-hybridized carbons (Fsp3) is 0. The van der Waals surface area contributed by atoms with E-state index in [1.165, 1.54) is 24.5 Å². The van der Waals surface area contributed by atoms with Gasteiger partial charge in [0.15, 0.2) is 0 Å². The third-order valence-electron chi connectivity index (χ3n) is 2.24. The molecule has 8 heteroatoms. The maximum absolute atomic E-state index is 11.8. The van der Waals surface area contributed by atoms with E-state index in [-0.39, 0.29) is 15.9 Å². The molecule has 0 atom stereocenters. The second-order valence-corrected chi connectivity index (χ2v) is 4.41. The summed E-state index contributed by atoms with van der Waals surface area (Å²) in [6.45, 7) is 0. The van der Waals surface area contributed by atoms with Crippen LogP contribution < -0.4 is 10.9 Å². The van der Waals surface area contributed by atoms with Crippen molar-refractivity contribution in [3.05, 3.63) is 58.1 Å². The van der Waals surface area contributed by atoms with Crippen LogP contribution >= 0.6 is 23.2 Å². The van der Waals surface area contributed by atoms with Gasteiger partial charge in [-0.15, -0.1) is 0 Å². The van der Waals surface area contributed by atoms with Gasteiger partial charge in [-0.25, -0.2) is 4.98 Å². The summed E-state index contributed by atoms with van der Waals surface area (Å²) in [6, 6.07) is 6.05. The molecule has 20 heavy (non-hydrogen) atoms. The molecule has 0 spiro atoms. The number of hydrazine groups is 1. The van der Waals surface area contributed by atoms with E-state index < -0.39 is 11.8 Å². The Bertz CT molecular complexity index is 649. The fourth-order valence-electron chi connectivity index (χ4n) is 1.32. The predicted molar refractivity (Wildman–Crippen MR) is 73.4 cm³/mol. The largest absolute Gasteiger partial charge is 0.289 e. The van der Waals surface area contributed by atoms with Gasteiger partial charge in [-0.05, 0) is 24.3 Å². The fourth-order valence-corrected chi connectivity index (χ4v) is 1.66. The van der Waals surface area contributed by atoms with Gasteiger partial charge in [0.1, 0.15) is 10.8 Å². The van der Waals surface area contributed by atoms with Gasteiger partial charge in [-0.3, -0.25) is 25.4 Å². The monoisotopic (exact) mass is 310 g/mol. The highest BCUT2D eigenvalue weighted by atomic mass is 35.5. The maximum atomic E-state index is 11.8. The lowest BCUT2D eigenvalue weighted by molar-refractivity contribution is 0.0844. The van der Waals surface area contributed by atoms with E-state index in [1.807, 2.05) is 0 Å². The van der Waals surface area contributed by atoms with E-state index in [2.05, 4.69) is 20.8 Å². The maximum Gasteiger partial charge on any atom is 0.289 e. The molecule has 0 aliphatic rings. The van der Waals surface area contributed by atoms with Crippen LogP contribution in [0.1, 0.15) is 20.8 Å². The summed E-state index contributed by atoms with van der Waals surface area (Å²) in [7, 11) is 0. The van der Waals surface area contributed by atoms with E-state index in [0.29, 0.717) is 5.56 Å². The van der Waals surface area contributed by atoms with E-state index in [0.717, 1.165) is 0 Å². The zero-order valence-corrected chi connectivity index (χ0v) is 11.4. The normalized spacial score (nSPS) is 9.90. The van der Waals surface area contributed by atoms with Crippen molar-refractivity contribution in [2.75, 3.05) is 0 Å². The second-order valence-electron chi connectivity index (χ2n) is 3.61. The second kappa shape index (κ2) is 6.31. The Morgan fingerprint density at radius 2 is 1.80 bits per heavy atom. The summed E-state index contributed by atoms with van der Waals surface area (Å²) >= 11 is 11.5. The van der Waals surface area contributed by atoms with Crippen molar-refractivity contribution < 1.29 is 9.59 Å². The van der Waals surface area contributed by atoms with Gasteiger partial charge in [-0.2, -0.15) is 0 Å². The molecule has 2 amide bonds. The van der Waals surface area contributed by atoms with Crippen LogP contribution in [-0.4, -0.2) is 21.8 Å². The number of aromatic nitrogens is 2. The Morgan fingerprint density at radius 1 is 1.05 bits per heavy atom. The third-order valence-corrected chi connectivity index (χ3v) is 2.76. The molecule has 0 unspecified atom stereocenters. The Morgan fingerprint density at radius 3 is 2.50 bits per heavy atom. The van der Waals surface area contributed by atoms with Gasteiger partial charge in [0.25, 0.3) is 11.8 Å². The molecule has 2 aromatic rings. The van der Waals surface area contributed by atoms with E-state index >= 15 is 0 Å². The van der Waals surface area contributed by atoms with Crippen molar-refractivity contribution in [3.63, 3.8) is 0 Å². The highest BCUT2D eigenvalue weighted by Gasteiger charge is 2.14. The van der Waals surface area contributed by atoms with Crippen molar-refractivity contribution in [1.82, 2.24) is 20.8 Å². The Balaban J connectivity index is 2.02. The molecular formula is C12H8Cl2N4O2. The summed E-state index contributed by atoms with van der Waals surface area (Å²) in [4.78, 5) is 31.1. The first-order valence-electron chi connectivity index (χ1n) is 5.40. The Hall–Kier alpha value is -2.18. The Labute approximate surface area is 124 Å². The number of nitrogens with one attached hydrogen (secondary N) is 2. The van der Waals surface area contributed by atoms with Crippen molar-refractivity contribution in [1.29, 1.82) is 0 Å². The number of nitrogens with zero attached hydrogens (tertiary/aromatic N) is 2. The van der Waals surface area contributed by atoms with E-state index in [9.17, 15) is 9.59 Å². The molecule has 0 bridgehead atoms. The van der Waals surface area contributed by atoms with Crippen LogP contribution in [0.5, 0.6) is 0 Å². The highest BCUT2D eigenvalue weighted by molar-refractivity contribution is 6.34. The molecule has 2 N–H and O–H groups in total. The molecule has 102 valence electrons. The summed E-state index contributed by atoms with van der Waals surface area (Å²) in [5, 5.41) is 0.251. The van der Waals surface area contributed by atoms with Gasteiger partial charge >= 0.3 is 0 Å². The molecule has 0 saturated carbocycles. The van der Waals surface area contributed by atoms with Crippen LogP contribution in [0.4, 0.5) is 0 Å². The minimum Gasteiger partial charge on any atom is -0.267 e. The number of amides is 2.